The zero-order valence-electron chi connectivity index (χ0n) is 8.98. The van der Waals surface area contributed by atoms with Gasteiger partial charge in [-0.3, -0.25) is 4.79 Å². The Morgan fingerprint density at radius 2 is 2.11 bits per heavy atom. The molecule has 0 radical (unpaired) electrons. The molecule has 4 nitrogen and oxygen atoms in total. The van der Waals surface area contributed by atoms with E-state index in [0.717, 1.165) is 23.5 Å². The minimum Gasteiger partial charge on any atom is -0.481 e. The second-order valence-electron chi connectivity index (χ2n) is 3.52. The van der Waals surface area contributed by atoms with E-state index >= 15 is 0 Å². The minimum absolute atomic E-state index is 0.186. The number of carbonyl (C=O) groups is 1. The lowest BCUT2D eigenvalue weighted by molar-refractivity contribution is -0.136. The number of carboxylic acid groups (broad SMARTS) is 1. The average Bonchev–Trinajstić information content (AvgIpc) is 2.62. The van der Waals surface area contributed by atoms with Crippen LogP contribution < -0.4 is 5.73 Å². The fraction of sp³-hybridized carbons (Fsp3) is 0.0909. The molecule has 1 aromatic heterocycles. The van der Waals surface area contributed by atoms with Crippen LogP contribution in [0, 0.1) is 11.6 Å². The molecule has 0 aliphatic rings. The summed E-state index contributed by atoms with van der Waals surface area (Å²) < 4.78 is 25.9. The van der Waals surface area contributed by atoms with Gasteiger partial charge in [0.2, 0.25) is 0 Å². The third-order valence-electron chi connectivity index (χ3n) is 2.22. The fourth-order valence-electron chi connectivity index (χ4n) is 1.50. The summed E-state index contributed by atoms with van der Waals surface area (Å²) in [4.78, 5) is 15.0. The summed E-state index contributed by atoms with van der Waals surface area (Å²) in [7, 11) is 0. The third-order valence-corrected chi connectivity index (χ3v) is 3.10. The zero-order valence-corrected chi connectivity index (χ0v) is 9.80. The van der Waals surface area contributed by atoms with E-state index in [0.29, 0.717) is 10.4 Å². The number of aliphatic carboxylic acids is 1. The normalized spacial score (nSPS) is 10.6. The topological polar surface area (TPSA) is 76.2 Å². The Labute approximate surface area is 105 Å². The molecule has 18 heavy (non-hydrogen) atoms. The van der Waals surface area contributed by atoms with Gasteiger partial charge in [0.25, 0.3) is 0 Å². The lowest BCUT2D eigenvalue weighted by Gasteiger charge is -2.01. The summed E-state index contributed by atoms with van der Waals surface area (Å²) in [5.41, 5.74) is 6.09. The van der Waals surface area contributed by atoms with Gasteiger partial charge in [-0.25, -0.2) is 13.8 Å². The molecule has 0 saturated heterocycles. The second-order valence-corrected chi connectivity index (χ2v) is 4.64. The Morgan fingerprint density at radius 3 is 2.72 bits per heavy atom. The molecule has 3 N–H and O–H groups in total. The third kappa shape index (κ3) is 2.45. The van der Waals surface area contributed by atoms with Gasteiger partial charge in [-0.15, -0.1) is 11.3 Å². The van der Waals surface area contributed by atoms with Crippen molar-refractivity contribution in [1.29, 1.82) is 0 Å². The second kappa shape index (κ2) is 4.69. The Bertz CT molecular complexity index is 613. The Balaban J connectivity index is 2.49. The van der Waals surface area contributed by atoms with Gasteiger partial charge in [-0.05, 0) is 18.2 Å². The SMILES string of the molecule is Nc1nc(-c2ccc(F)c(F)c2)c(CC(=O)O)s1. The number of carboxylic acids is 1. The van der Waals surface area contributed by atoms with Gasteiger partial charge in [0, 0.05) is 10.4 Å². The number of hydrogen-bond acceptors (Lipinski definition) is 4. The van der Waals surface area contributed by atoms with E-state index in [2.05, 4.69) is 4.98 Å². The maximum absolute atomic E-state index is 13.1. The van der Waals surface area contributed by atoms with Crippen LogP contribution in [-0.4, -0.2) is 16.1 Å². The molecule has 2 rings (SSSR count). The van der Waals surface area contributed by atoms with Crippen LogP contribution >= 0.6 is 11.3 Å². The predicted octanol–water partition coefficient (Wildman–Crippen LogP) is 2.30. The van der Waals surface area contributed by atoms with Crippen LogP contribution in [0.15, 0.2) is 18.2 Å². The van der Waals surface area contributed by atoms with Crippen LogP contribution in [0.5, 0.6) is 0 Å². The maximum Gasteiger partial charge on any atom is 0.308 e. The van der Waals surface area contributed by atoms with Crippen LogP contribution in [0.1, 0.15) is 4.88 Å². The first-order valence-electron chi connectivity index (χ1n) is 4.89. The molecule has 94 valence electrons. The first kappa shape index (κ1) is 12.4. The quantitative estimate of drug-likeness (QED) is 0.897. The van der Waals surface area contributed by atoms with Gasteiger partial charge >= 0.3 is 5.97 Å². The Kier molecular flexibility index (Phi) is 3.24. The highest BCUT2D eigenvalue weighted by atomic mass is 32.1. The average molecular weight is 270 g/mol. The van der Waals surface area contributed by atoms with E-state index < -0.39 is 17.6 Å². The van der Waals surface area contributed by atoms with E-state index in [-0.39, 0.29) is 17.2 Å². The highest BCUT2D eigenvalue weighted by Crippen LogP contribution is 2.30. The predicted molar refractivity (Wildman–Crippen MR) is 63.2 cm³/mol. The Hall–Kier alpha value is -2.02. The lowest BCUT2D eigenvalue weighted by atomic mass is 10.1. The summed E-state index contributed by atoms with van der Waals surface area (Å²) in [6.07, 6.45) is -0.261. The van der Waals surface area contributed by atoms with Crippen molar-refractivity contribution in [2.75, 3.05) is 5.73 Å². The van der Waals surface area contributed by atoms with Crippen molar-refractivity contribution in [3.63, 3.8) is 0 Å². The van der Waals surface area contributed by atoms with Gasteiger partial charge in [0.1, 0.15) is 0 Å². The highest BCUT2D eigenvalue weighted by molar-refractivity contribution is 7.15. The molecule has 1 heterocycles. The largest absolute Gasteiger partial charge is 0.481 e. The van der Waals surface area contributed by atoms with Crippen LogP contribution in [0.25, 0.3) is 11.3 Å². The summed E-state index contributed by atoms with van der Waals surface area (Å²) in [6.45, 7) is 0. The standard InChI is InChI=1S/C11H8F2N2O2S/c12-6-2-1-5(3-7(6)13)10-8(4-9(16)17)18-11(14)15-10/h1-3H,4H2,(H2,14,15)(H,16,17). The molecule has 0 bridgehead atoms. The van der Waals surface area contributed by atoms with Crippen molar-refractivity contribution in [3.05, 3.63) is 34.7 Å². The first-order valence-corrected chi connectivity index (χ1v) is 5.71. The van der Waals surface area contributed by atoms with Crippen molar-refractivity contribution in [2.45, 2.75) is 6.42 Å². The molecule has 7 heteroatoms. The molecular formula is C11H8F2N2O2S. The monoisotopic (exact) mass is 270 g/mol. The number of hydrogen-bond donors (Lipinski definition) is 2. The van der Waals surface area contributed by atoms with Crippen molar-refractivity contribution < 1.29 is 18.7 Å². The summed E-state index contributed by atoms with van der Waals surface area (Å²) in [6, 6.07) is 3.26. The van der Waals surface area contributed by atoms with Gasteiger partial charge in [0.15, 0.2) is 16.8 Å². The molecule has 0 fully saturated rings. The van der Waals surface area contributed by atoms with Gasteiger partial charge in [-0.2, -0.15) is 0 Å². The summed E-state index contributed by atoms with van der Waals surface area (Å²) in [5.74, 6) is -3.02. The van der Waals surface area contributed by atoms with Crippen molar-refractivity contribution in [1.82, 2.24) is 4.98 Å². The summed E-state index contributed by atoms with van der Waals surface area (Å²) >= 11 is 1.02. The van der Waals surface area contributed by atoms with Gasteiger partial charge in [-0.1, -0.05) is 0 Å². The molecule has 0 saturated carbocycles. The van der Waals surface area contributed by atoms with Crippen molar-refractivity contribution >= 4 is 22.4 Å². The number of nitrogen functional groups attached to an aromatic ring is 1. The van der Waals surface area contributed by atoms with Crippen LogP contribution in [0.3, 0.4) is 0 Å². The number of halogens is 2. The fourth-order valence-corrected chi connectivity index (χ4v) is 2.34. The van der Waals surface area contributed by atoms with E-state index in [4.69, 9.17) is 10.8 Å². The van der Waals surface area contributed by atoms with E-state index in [9.17, 15) is 13.6 Å². The molecule has 0 atom stereocenters. The first-order chi connectivity index (χ1) is 8.47. The number of aromatic nitrogens is 1. The molecule has 2 aromatic rings. The molecule has 0 spiro atoms. The number of thiazole rings is 1. The molecule has 0 aliphatic heterocycles. The Morgan fingerprint density at radius 1 is 1.39 bits per heavy atom. The van der Waals surface area contributed by atoms with Crippen molar-refractivity contribution in [3.8, 4) is 11.3 Å². The van der Waals surface area contributed by atoms with Crippen LogP contribution in [0.2, 0.25) is 0 Å². The van der Waals surface area contributed by atoms with E-state index in [1.165, 1.54) is 6.07 Å². The number of anilines is 1. The maximum atomic E-state index is 13.1. The molecule has 0 aliphatic carbocycles. The zero-order chi connectivity index (χ0) is 13.3. The summed E-state index contributed by atoms with van der Waals surface area (Å²) in [5, 5.41) is 8.94. The van der Waals surface area contributed by atoms with E-state index in [1.807, 2.05) is 0 Å². The van der Waals surface area contributed by atoms with E-state index in [1.54, 1.807) is 0 Å². The molecule has 0 unspecified atom stereocenters. The molecule has 1 aromatic carbocycles. The van der Waals surface area contributed by atoms with Crippen LogP contribution in [-0.2, 0) is 11.2 Å². The smallest absolute Gasteiger partial charge is 0.308 e. The minimum atomic E-state index is -1.04. The van der Waals surface area contributed by atoms with Crippen LogP contribution in [0.4, 0.5) is 13.9 Å². The van der Waals surface area contributed by atoms with Gasteiger partial charge in [0.05, 0.1) is 12.1 Å². The molecule has 0 amide bonds. The van der Waals surface area contributed by atoms with Gasteiger partial charge < -0.3 is 10.8 Å². The molecular weight excluding hydrogens is 262 g/mol. The number of benzene rings is 1. The lowest BCUT2D eigenvalue weighted by Crippen LogP contribution is -1.99. The van der Waals surface area contributed by atoms with Crippen molar-refractivity contribution in [2.24, 2.45) is 0 Å². The number of nitrogens with two attached hydrogens (primary N) is 1. The highest BCUT2D eigenvalue weighted by Gasteiger charge is 2.16. The number of nitrogens with zero attached hydrogens (tertiary/aromatic N) is 1. The number of rotatable bonds is 3.